The van der Waals surface area contributed by atoms with E-state index in [4.69, 9.17) is 0 Å². The summed E-state index contributed by atoms with van der Waals surface area (Å²) in [5.41, 5.74) is 3.70. The number of hydrogen-bond acceptors (Lipinski definition) is 3. The molecule has 8 heteroatoms. The molecule has 0 N–H and O–H groups in total. The zero-order valence-electron chi connectivity index (χ0n) is 28.7. The zero-order valence-corrected chi connectivity index (χ0v) is 28.7. The smallest absolute Gasteiger partial charge is 0.338 e. The number of carbonyl (C=O) groups excluding carboxylic acids is 2. The third-order valence-electron chi connectivity index (χ3n) is 9.23. The van der Waals surface area contributed by atoms with E-state index < -0.39 is 23.7 Å². The zero-order chi connectivity index (χ0) is 35.3. The molecule has 1 aliphatic rings. The number of aryl methyl sites for hydroxylation is 1. The molecule has 5 nitrogen and oxygen atoms in total. The number of amides is 2. The number of rotatable bonds is 14. The molecule has 1 atom stereocenters. The van der Waals surface area contributed by atoms with E-state index in [1.165, 1.54) is 35.4 Å². The highest BCUT2D eigenvalue weighted by molar-refractivity contribution is 5.95. The van der Waals surface area contributed by atoms with E-state index in [9.17, 15) is 22.8 Å². The first-order valence-electron chi connectivity index (χ1n) is 17.5. The Morgan fingerprint density at radius 1 is 0.760 bits per heavy atom. The van der Waals surface area contributed by atoms with E-state index in [-0.39, 0.29) is 18.0 Å². The second-order valence-electron chi connectivity index (χ2n) is 13.0. The lowest BCUT2D eigenvalue weighted by atomic mass is 10.0. The van der Waals surface area contributed by atoms with Crippen LogP contribution in [0.25, 0.3) is 6.08 Å². The predicted molar refractivity (Wildman–Crippen MR) is 193 cm³/mol. The van der Waals surface area contributed by atoms with Crippen LogP contribution in [0.15, 0.2) is 115 Å². The molecule has 0 radical (unpaired) electrons. The first-order valence-corrected chi connectivity index (χ1v) is 17.5. The molecule has 5 rings (SSSR count). The summed E-state index contributed by atoms with van der Waals surface area (Å²) in [5.74, 6) is -0.573. The summed E-state index contributed by atoms with van der Waals surface area (Å²) in [6.45, 7) is 5.64. The molecule has 0 aliphatic carbocycles. The van der Waals surface area contributed by atoms with Gasteiger partial charge in [0, 0.05) is 51.8 Å². The van der Waals surface area contributed by atoms with Gasteiger partial charge in [-0.05, 0) is 58.9 Å². The van der Waals surface area contributed by atoms with Gasteiger partial charge in [0.15, 0.2) is 0 Å². The van der Waals surface area contributed by atoms with Crippen molar-refractivity contribution >= 4 is 17.9 Å². The van der Waals surface area contributed by atoms with Crippen molar-refractivity contribution in [1.29, 1.82) is 0 Å². The molecular weight excluding hydrogens is 635 g/mol. The van der Waals surface area contributed by atoms with Crippen LogP contribution in [0.4, 0.5) is 13.2 Å². The molecular formula is C42H46F3N3O2. The molecule has 0 spiro atoms. The maximum Gasteiger partial charge on any atom is 0.416 e. The first kappa shape index (κ1) is 36.6. The maximum atomic E-state index is 14.5. The van der Waals surface area contributed by atoms with Crippen LogP contribution in [0.2, 0.25) is 0 Å². The third-order valence-corrected chi connectivity index (χ3v) is 9.23. The largest absolute Gasteiger partial charge is 0.416 e. The quantitative estimate of drug-likeness (QED) is 0.0992. The number of unbranched alkanes of at least 4 members (excludes halogenated alkanes) is 2. The van der Waals surface area contributed by atoms with E-state index in [0.29, 0.717) is 32.6 Å². The summed E-state index contributed by atoms with van der Waals surface area (Å²) in [5, 5.41) is 0. The number of piperazine rings is 1. The number of benzene rings is 4. The van der Waals surface area contributed by atoms with Gasteiger partial charge in [-0.3, -0.25) is 14.5 Å². The molecule has 0 aromatic heterocycles. The van der Waals surface area contributed by atoms with Gasteiger partial charge in [-0.1, -0.05) is 117 Å². The summed E-state index contributed by atoms with van der Waals surface area (Å²) in [6.07, 6.45) is 2.87. The molecule has 2 amide bonds. The number of alkyl halides is 3. The molecule has 1 saturated heterocycles. The van der Waals surface area contributed by atoms with Gasteiger partial charge in [-0.2, -0.15) is 13.2 Å². The molecule has 0 saturated carbocycles. The van der Waals surface area contributed by atoms with Crippen LogP contribution in [0.5, 0.6) is 0 Å². The minimum atomic E-state index is -4.50. The van der Waals surface area contributed by atoms with E-state index in [1.807, 2.05) is 65.6 Å². The standard InChI is InChI=1S/C42H46F3N3O2/c1-2-3-6-12-33-19-21-37(22-20-33)32-48(40(49)24-23-35-17-11-18-38(29-35)42(43,44)45)39(30-34-13-7-4-8-14-34)41(50)47-27-25-46(26-28-47)31-36-15-9-5-10-16-36/h4-5,7-11,13-24,29,39H,2-3,6,12,25-28,30-32H2,1H3/b24-23-/t39-/m0/s1. The van der Waals surface area contributed by atoms with Gasteiger partial charge in [-0.15, -0.1) is 0 Å². The number of hydrogen-bond donors (Lipinski definition) is 0. The first-order chi connectivity index (χ1) is 24.2. The second-order valence-corrected chi connectivity index (χ2v) is 13.0. The summed E-state index contributed by atoms with van der Waals surface area (Å²) in [6, 6.07) is 32.1. The highest BCUT2D eigenvalue weighted by atomic mass is 19.4. The topological polar surface area (TPSA) is 43.9 Å². The molecule has 1 heterocycles. The summed E-state index contributed by atoms with van der Waals surface area (Å²) in [4.78, 5) is 34.4. The number of halogens is 3. The Balaban J connectivity index is 1.42. The van der Waals surface area contributed by atoms with Crippen LogP contribution in [-0.2, 0) is 41.7 Å². The van der Waals surface area contributed by atoms with Crippen LogP contribution >= 0.6 is 0 Å². The highest BCUT2D eigenvalue weighted by Gasteiger charge is 2.34. The Morgan fingerprint density at radius 2 is 1.40 bits per heavy atom. The lowest BCUT2D eigenvalue weighted by Gasteiger charge is -2.39. The fourth-order valence-corrected chi connectivity index (χ4v) is 6.36. The Kier molecular flexibility index (Phi) is 13.0. The van der Waals surface area contributed by atoms with Crippen molar-refractivity contribution in [2.45, 2.75) is 64.3 Å². The predicted octanol–water partition coefficient (Wildman–Crippen LogP) is 8.44. The van der Waals surface area contributed by atoms with Crippen LogP contribution in [0.3, 0.4) is 0 Å². The lowest BCUT2D eigenvalue weighted by molar-refractivity contribution is -0.145. The van der Waals surface area contributed by atoms with E-state index in [0.717, 1.165) is 55.5 Å². The van der Waals surface area contributed by atoms with Crippen LogP contribution in [0, 0.1) is 0 Å². The van der Waals surface area contributed by atoms with Gasteiger partial charge in [0.05, 0.1) is 5.56 Å². The average Bonchev–Trinajstić information content (AvgIpc) is 3.13. The summed E-state index contributed by atoms with van der Waals surface area (Å²) < 4.78 is 40.3. The molecule has 262 valence electrons. The van der Waals surface area contributed by atoms with Gasteiger partial charge in [0.25, 0.3) is 0 Å². The SMILES string of the molecule is CCCCCc1ccc(CN(C(=O)/C=C\c2cccc(C(F)(F)F)c2)[C@@H](Cc2ccccc2)C(=O)N2CCN(Cc3ccccc3)CC2)cc1. The van der Waals surface area contributed by atoms with E-state index in [1.54, 1.807) is 4.90 Å². The van der Waals surface area contributed by atoms with Gasteiger partial charge < -0.3 is 9.80 Å². The fourth-order valence-electron chi connectivity index (χ4n) is 6.36. The highest BCUT2D eigenvalue weighted by Crippen LogP contribution is 2.30. The minimum Gasteiger partial charge on any atom is -0.338 e. The minimum absolute atomic E-state index is 0.134. The van der Waals surface area contributed by atoms with Crippen molar-refractivity contribution < 1.29 is 22.8 Å². The van der Waals surface area contributed by atoms with E-state index in [2.05, 4.69) is 36.1 Å². The van der Waals surface area contributed by atoms with Crippen molar-refractivity contribution in [3.05, 3.63) is 149 Å². The Labute approximate surface area is 294 Å². The van der Waals surface area contributed by atoms with Crippen LogP contribution in [0.1, 0.15) is 59.6 Å². The van der Waals surface area contributed by atoms with Gasteiger partial charge in [0.1, 0.15) is 6.04 Å². The van der Waals surface area contributed by atoms with Crippen molar-refractivity contribution in [3.8, 4) is 0 Å². The Hall–Kier alpha value is -4.69. The van der Waals surface area contributed by atoms with Crippen molar-refractivity contribution in [1.82, 2.24) is 14.7 Å². The van der Waals surface area contributed by atoms with E-state index >= 15 is 0 Å². The molecule has 0 unspecified atom stereocenters. The van der Waals surface area contributed by atoms with Crippen LogP contribution < -0.4 is 0 Å². The monoisotopic (exact) mass is 681 g/mol. The molecule has 4 aromatic rings. The second kappa shape index (κ2) is 17.8. The summed E-state index contributed by atoms with van der Waals surface area (Å²) in [7, 11) is 0. The van der Waals surface area contributed by atoms with Crippen molar-refractivity contribution in [2.75, 3.05) is 26.2 Å². The van der Waals surface area contributed by atoms with Gasteiger partial charge in [0.2, 0.25) is 11.8 Å². The van der Waals surface area contributed by atoms with Crippen LogP contribution in [-0.4, -0.2) is 58.7 Å². The Bertz CT molecular complexity index is 1680. The number of carbonyl (C=O) groups is 2. The number of nitrogens with zero attached hydrogens (tertiary/aromatic N) is 3. The molecule has 4 aromatic carbocycles. The van der Waals surface area contributed by atoms with Gasteiger partial charge >= 0.3 is 6.18 Å². The maximum absolute atomic E-state index is 14.5. The summed E-state index contributed by atoms with van der Waals surface area (Å²) >= 11 is 0. The van der Waals surface area contributed by atoms with Gasteiger partial charge in [-0.25, -0.2) is 0 Å². The molecule has 0 bridgehead atoms. The van der Waals surface area contributed by atoms with Crippen molar-refractivity contribution in [2.24, 2.45) is 0 Å². The Morgan fingerprint density at radius 3 is 2.04 bits per heavy atom. The fraction of sp³-hybridized carbons (Fsp3) is 0.333. The average molecular weight is 682 g/mol. The third kappa shape index (κ3) is 10.7. The molecule has 1 aliphatic heterocycles. The van der Waals surface area contributed by atoms with Crippen molar-refractivity contribution in [3.63, 3.8) is 0 Å². The normalized spacial score (nSPS) is 14.5. The molecule has 50 heavy (non-hydrogen) atoms. The lowest BCUT2D eigenvalue weighted by Crippen LogP contribution is -2.56. The molecule has 1 fully saturated rings.